The minimum atomic E-state index is -1.32. The molecule has 2 bridgehead atoms. The third kappa shape index (κ3) is 2.74. The second-order valence-corrected chi connectivity index (χ2v) is 10.8. The van der Waals surface area contributed by atoms with Crippen LogP contribution in [0, 0.1) is 5.41 Å². The van der Waals surface area contributed by atoms with Crippen molar-refractivity contribution in [3.05, 3.63) is 35.4 Å². The molecule has 0 aromatic heterocycles. The second kappa shape index (κ2) is 5.99. The molecule has 0 radical (unpaired) electrons. The van der Waals surface area contributed by atoms with Gasteiger partial charge in [-0.15, -0.1) is 0 Å². The van der Waals surface area contributed by atoms with Gasteiger partial charge in [0.1, 0.15) is 21.8 Å². The van der Waals surface area contributed by atoms with Crippen molar-refractivity contribution in [1.29, 1.82) is 0 Å². The number of hydrogen-bond donors (Lipinski definition) is 1. The first-order valence-electron chi connectivity index (χ1n) is 9.32. The van der Waals surface area contributed by atoms with Gasteiger partial charge >= 0.3 is 6.09 Å². The molecule has 2 heterocycles. The van der Waals surface area contributed by atoms with Gasteiger partial charge in [0, 0.05) is 23.1 Å². The van der Waals surface area contributed by atoms with E-state index in [4.69, 9.17) is 4.40 Å². The van der Waals surface area contributed by atoms with E-state index in [-0.39, 0.29) is 17.5 Å². The lowest BCUT2D eigenvalue weighted by molar-refractivity contribution is 0.0715. The Kier molecular flexibility index (Phi) is 4.12. The Morgan fingerprint density at radius 1 is 1.27 bits per heavy atom. The normalized spacial score (nSPS) is 32.9. The van der Waals surface area contributed by atoms with Crippen molar-refractivity contribution in [2.45, 2.75) is 69.7 Å². The van der Waals surface area contributed by atoms with Crippen molar-refractivity contribution < 1.29 is 14.5 Å². The molecule has 1 amide bonds. The van der Waals surface area contributed by atoms with Crippen LogP contribution in [0.25, 0.3) is 0 Å². The topological polar surface area (TPSA) is 76.0 Å². The quantitative estimate of drug-likeness (QED) is 0.760. The fraction of sp³-hybridized carbons (Fsp3) is 0.600. The van der Waals surface area contributed by atoms with E-state index in [2.05, 4.69) is 12.1 Å². The summed E-state index contributed by atoms with van der Waals surface area (Å²) in [4.78, 5) is 13.3. The summed E-state index contributed by atoms with van der Waals surface area (Å²) in [6, 6.07) is 8.35. The van der Waals surface area contributed by atoms with Gasteiger partial charge in [-0.1, -0.05) is 28.7 Å². The lowest BCUT2D eigenvalue weighted by Crippen LogP contribution is -2.52. The Hall–Kier alpha value is -1.53. The molecule has 2 fully saturated rings. The Bertz CT molecular complexity index is 757. The summed E-state index contributed by atoms with van der Waals surface area (Å²) in [6.45, 7) is 5.83. The molecular formula is C20H26N2O3S. The van der Waals surface area contributed by atoms with Gasteiger partial charge < -0.3 is 14.6 Å². The average Bonchev–Trinajstić information content (AvgIpc) is 3.00. The molecule has 3 unspecified atom stereocenters. The number of benzene rings is 1. The molecule has 2 saturated heterocycles. The zero-order valence-corrected chi connectivity index (χ0v) is 16.4. The molecule has 2 aliphatic heterocycles. The van der Waals surface area contributed by atoms with E-state index in [1.807, 2.05) is 32.9 Å². The van der Waals surface area contributed by atoms with Gasteiger partial charge in [0.05, 0.1) is 0 Å². The number of hydrogen-bond acceptors (Lipinski definition) is 3. The molecule has 5 nitrogen and oxygen atoms in total. The van der Waals surface area contributed by atoms with Crippen LogP contribution in [0.15, 0.2) is 28.7 Å². The van der Waals surface area contributed by atoms with Gasteiger partial charge in [0.15, 0.2) is 0 Å². The lowest BCUT2D eigenvalue weighted by atomic mass is 9.71. The van der Waals surface area contributed by atoms with Crippen LogP contribution in [0.4, 0.5) is 4.79 Å². The van der Waals surface area contributed by atoms with Gasteiger partial charge in [-0.05, 0) is 58.4 Å². The number of carbonyl (C=O) groups is 1. The predicted octanol–water partition coefficient (Wildman–Crippen LogP) is 3.79. The van der Waals surface area contributed by atoms with Crippen LogP contribution in [0.5, 0.6) is 0 Å². The molecule has 4 rings (SSSR count). The monoisotopic (exact) mass is 374 g/mol. The number of carboxylic acid groups (broad SMARTS) is 1. The standard InChI is InChI=1S/C20H26N2O3S/c1-19(2,3)26(25)21-17-16-7-5-4-6-13(16)10-20(17)11-14-8-9-15(12-20)22(14)18(23)24/h4-7,14-15H,8-12H2,1-3H3,(H,23,24). The molecule has 1 aliphatic carbocycles. The average molecular weight is 375 g/mol. The SMILES string of the molecule is CC(C)(C)[S+]([O-])N=C1c2ccccc2CC12CC1CCC(C2)N1C(=O)O. The third-order valence-corrected chi connectivity index (χ3v) is 7.49. The van der Waals surface area contributed by atoms with Crippen LogP contribution >= 0.6 is 0 Å². The highest BCUT2D eigenvalue weighted by Crippen LogP contribution is 2.53. The first-order valence-corrected chi connectivity index (χ1v) is 10.4. The summed E-state index contributed by atoms with van der Waals surface area (Å²) in [5.74, 6) is 0. The van der Waals surface area contributed by atoms with E-state index in [0.29, 0.717) is 0 Å². The summed E-state index contributed by atoms with van der Waals surface area (Å²) < 4.78 is 17.2. The van der Waals surface area contributed by atoms with E-state index < -0.39 is 22.2 Å². The zero-order chi connectivity index (χ0) is 18.7. The lowest BCUT2D eigenvalue weighted by Gasteiger charge is -2.43. The highest BCUT2D eigenvalue weighted by atomic mass is 32.2. The van der Waals surface area contributed by atoms with Gasteiger partial charge in [-0.25, -0.2) is 4.79 Å². The van der Waals surface area contributed by atoms with E-state index in [1.54, 1.807) is 4.90 Å². The Morgan fingerprint density at radius 2 is 1.88 bits per heavy atom. The fourth-order valence-electron chi connectivity index (χ4n) is 5.00. The zero-order valence-electron chi connectivity index (χ0n) is 15.6. The second-order valence-electron chi connectivity index (χ2n) is 8.90. The number of rotatable bonds is 1. The first kappa shape index (κ1) is 17.9. The van der Waals surface area contributed by atoms with E-state index in [9.17, 15) is 14.5 Å². The highest BCUT2D eigenvalue weighted by Gasteiger charge is 2.56. The van der Waals surface area contributed by atoms with Crippen molar-refractivity contribution in [2.24, 2.45) is 9.81 Å². The van der Waals surface area contributed by atoms with Crippen LogP contribution in [0.3, 0.4) is 0 Å². The van der Waals surface area contributed by atoms with Crippen LogP contribution in [0.2, 0.25) is 0 Å². The maximum atomic E-state index is 12.8. The van der Waals surface area contributed by atoms with Crippen molar-refractivity contribution in [2.75, 3.05) is 0 Å². The van der Waals surface area contributed by atoms with E-state index in [0.717, 1.165) is 43.4 Å². The van der Waals surface area contributed by atoms with Crippen molar-refractivity contribution >= 4 is 23.2 Å². The van der Waals surface area contributed by atoms with Gasteiger partial charge in [0.2, 0.25) is 0 Å². The van der Waals surface area contributed by atoms with Gasteiger partial charge in [-0.2, -0.15) is 0 Å². The molecule has 1 N–H and O–H groups in total. The first-order chi connectivity index (χ1) is 12.2. The largest absolute Gasteiger partial charge is 0.591 e. The molecule has 0 saturated carbocycles. The van der Waals surface area contributed by atoms with Gasteiger partial charge in [0.25, 0.3) is 0 Å². The Labute approximate surface area is 157 Å². The summed E-state index contributed by atoms with van der Waals surface area (Å²) >= 11 is -1.32. The maximum Gasteiger partial charge on any atom is 0.407 e. The van der Waals surface area contributed by atoms with Crippen LogP contribution < -0.4 is 0 Å². The molecule has 3 atom stereocenters. The summed E-state index contributed by atoms with van der Waals surface area (Å²) in [7, 11) is 0. The van der Waals surface area contributed by atoms with Crippen molar-refractivity contribution in [3.8, 4) is 0 Å². The molecule has 26 heavy (non-hydrogen) atoms. The van der Waals surface area contributed by atoms with Crippen LogP contribution in [-0.4, -0.2) is 43.2 Å². The summed E-state index contributed by atoms with van der Waals surface area (Å²) in [5.41, 5.74) is 3.12. The molecule has 140 valence electrons. The smallest absolute Gasteiger partial charge is 0.407 e. The molecule has 6 heteroatoms. The fourth-order valence-corrected chi connectivity index (χ4v) is 5.73. The predicted molar refractivity (Wildman–Crippen MR) is 103 cm³/mol. The number of fused-ring (bicyclic) bond motifs is 3. The van der Waals surface area contributed by atoms with E-state index >= 15 is 0 Å². The molecule has 1 spiro atoms. The van der Waals surface area contributed by atoms with Gasteiger partial charge in [-0.3, -0.25) is 0 Å². The third-order valence-electron chi connectivity index (χ3n) is 6.10. The molecule has 1 aromatic carbocycles. The molecule has 3 aliphatic rings. The molecular weight excluding hydrogens is 348 g/mol. The minimum Gasteiger partial charge on any atom is -0.591 e. The van der Waals surface area contributed by atoms with Crippen molar-refractivity contribution in [3.63, 3.8) is 0 Å². The Balaban J connectivity index is 1.77. The highest BCUT2D eigenvalue weighted by molar-refractivity contribution is 7.91. The Morgan fingerprint density at radius 3 is 2.46 bits per heavy atom. The molecule has 1 aromatic rings. The van der Waals surface area contributed by atoms with Crippen molar-refractivity contribution in [1.82, 2.24) is 4.90 Å². The maximum absolute atomic E-state index is 12.8. The van der Waals surface area contributed by atoms with Crippen LogP contribution in [-0.2, 0) is 17.8 Å². The summed E-state index contributed by atoms with van der Waals surface area (Å²) in [6.07, 6.45) is 3.48. The number of piperidine rings is 1. The number of amides is 1. The minimum absolute atomic E-state index is 0.0498. The van der Waals surface area contributed by atoms with E-state index in [1.165, 1.54) is 5.56 Å². The summed E-state index contributed by atoms with van der Waals surface area (Å²) in [5, 5.41) is 9.59. The van der Waals surface area contributed by atoms with Crippen LogP contribution in [0.1, 0.15) is 57.6 Å². The number of nitrogens with zero attached hydrogens (tertiary/aromatic N) is 2.